The fourth-order valence-corrected chi connectivity index (χ4v) is 4.02. The Labute approximate surface area is 102 Å². The zero-order chi connectivity index (χ0) is 12.6. The Balaban J connectivity index is 2.32. The van der Waals surface area contributed by atoms with Crippen LogP contribution in [0.15, 0.2) is 11.2 Å². The van der Waals surface area contributed by atoms with Gasteiger partial charge >= 0.3 is 0 Å². The van der Waals surface area contributed by atoms with Crippen LogP contribution in [0.1, 0.15) is 32.5 Å². The first kappa shape index (κ1) is 12.6. The predicted molar refractivity (Wildman–Crippen MR) is 65.1 cm³/mol. The number of H-pyrrole nitrogens is 1. The minimum absolute atomic E-state index is 0.0531. The number of aromatic nitrogens is 2. The first-order valence-corrected chi connectivity index (χ1v) is 7.40. The van der Waals surface area contributed by atoms with Crippen molar-refractivity contribution in [2.75, 3.05) is 6.54 Å². The molecule has 0 spiro atoms. The van der Waals surface area contributed by atoms with Crippen molar-refractivity contribution in [3.05, 3.63) is 12.0 Å². The number of hydrogen-bond acceptors (Lipinski definition) is 3. The standard InChI is InChI=1S/C11H19N3O2S/c1-8-5-4-6-14(9(8)2)17(15,16)11-7-12-10(3)13-11/h7-9H,4-6H2,1-3H3,(H,12,13). The Hall–Kier alpha value is -0.880. The smallest absolute Gasteiger partial charge is 0.260 e. The molecular weight excluding hydrogens is 238 g/mol. The molecule has 1 saturated heterocycles. The van der Waals surface area contributed by atoms with Gasteiger partial charge in [-0.1, -0.05) is 6.92 Å². The Morgan fingerprint density at radius 2 is 2.18 bits per heavy atom. The normalized spacial score (nSPS) is 27.2. The molecule has 0 radical (unpaired) electrons. The fraction of sp³-hybridized carbons (Fsp3) is 0.727. The van der Waals surface area contributed by atoms with E-state index >= 15 is 0 Å². The summed E-state index contributed by atoms with van der Waals surface area (Å²) in [5.41, 5.74) is 0. The van der Waals surface area contributed by atoms with Crippen LogP contribution in [0.2, 0.25) is 0 Å². The topological polar surface area (TPSA) is 66.1 Å². The summed E-state index contributed by atoms with van der Waals surface area (Å²) in [6.07, 6.45) is 3.42. The lowest BCUT2D eigenvalue weighted by molar-refractivity contribution is 0.202. The minimum atomic E-state index is -3.41. The molecule has 96 valence electrons. The van der Waals surface area contributed by atoms with Crippen LogP contribution < -0.4 is 0 Å². The van der Waals surface area contributed by atoms with Gasteiger partial charge in [0.25, 0.3) is 10.0 Å². The van der Waals surface area contributed by atoms with E-state index < -0.39 is 10.0 Å². The Morgan fingerprint density at radius 1 is 1.47 bits per heavy atom. The molecule has 1 fully saturated rings. The van der Waals surface area contributed by atoms with E-state index in [1.54, 1.807) is 11.2 Å². The van der Waals surface area contributed by atoms with Gasteiger partial charge < -0.3 is 4.98 Å². The molecule has 0 saturated carbocycles. The second-order valence-electron chi connectivity index (χ2n) is 4.81. The number of nitrogens with zero attached hydrogens (tertiary/aromatic N) is 2. The fourth-order valence-electron chi connectivity index (χ4n) is 2.29. The highest BCUT2D eigenvalue weighted by atomic mass is 32.2. The van der Waals surface area contributed by atoms with Gasteiger partial charge in [-0.05, 0) is 32.6 Å². The van der Waals surface area contributed by atoms with Gasteiger partial charge in [0.2, 0.25) is 0 Å². The maximum Gasteiger partial charge on any atom is 0.260 e. The summed E-state index contributed by atoms with van der Waals surface area (Å²) in [4.78, 5) is 6.77. The van der Waals surface area contributed by atoms with Crippen LogP contribution in [0, 0.1) is 12.8 Å². The summed E-state index contributed by atoms with van der Waals surface area (Å²) in [7, 11) is -3.41. The highest BCUT2D eigenvalue weighted by molar-refractivity contribution is 7.89. The number of aromatic amines is 1. The summed E-state index contributed by atoms with van der Waals surface area (Å²) < 4.78 is 26.4. The zero-order valence-electron chi connectivity index (χ0n) is 10.5. The molecule has 1 aliphatic rings. The molecule has 1 N–H and O–H groups in total. The first-order chi connectivity index (χ1) is 7.93. The van der Waals surface area contributed by atoms with Crippen LogP contribution >= 0.6 is 0 Å². The Bertz CT molecular complexity index is 495. The number of imidazole rings is 1. The quantitative estimate of drug-likeness (QED) is 0.873. The van der Waals surface area contributed by atoms with Gasteiger partial charge in [0, 0.05) is 12.6 Å². The SMILES string of the molecule is Cc1ncc(S(=O)(=O)N2CCCC(C)C2C)[nH]1. The average Bonchev–Trinajstić information content (AvgIpc) is 2.69. The van der Waals surface area contributed by atoms with Crippen molar-refractivity contribution >= 4 is 10.0 Å². The molecule has 1 aromatic heterocycles. The number of piperidine rings is 1. The Kier molecular flexibility index (Phi) is 3.27. The van der Waals surface area contributed by atoms with Crippen LogP contribution in [0.5, 0.6) is 0 Å². The summed E-state index contributed by atoms with van der Waals surface area (Å²) in [6, 6.07) is 0.0531. The second kappa shape index (κ2) is 4.42. The summed E-state index contributed by atoms with van der Waals surface area (Å²) in [6.45, 7) is 6.43. The molecule has 2 heterocycles. The number of hydrogen-bond donors (Lipinski definition) is 1. The lowest BCUT2D eigenvalue weighted by Gasteiger charge is -2.36. The molecule has 6 heteroatoms. The first-order valence-electron chi connectivity index (χ1n) is 5.96. The van der Waals surface area contributed by atoms with E-state index in [1.165, 1.54) is 6.20 Å². The second-order valence-corrected chi connectivity index (χ2v) is 6.67. The third-order valence-corrected chi connectivity index (χ3v) is 5.48. The van der Waals surface area contributed by atoms with Gasteiger partial charge in [0.1, 0.15) is 5.82 Å². The van der Waals surface area contributed by atoms with Crippen LogP contribution in [0.4, 0.5) is 0 Å². The van der Waals surface area contributed by atoms with E-state index in [1.807, 2.05) is 6.92 Å². The van der Waals surface area contributed by atoms with Gasteiger partial charge in [0.15, 0.2) is 5.03 Å². The molecule has 0 aliphatic carbocycles. The van der Waals surface area contributed by atoms with Crippen molar-refractivity contribution in [3.8, 4) is 0 Å². The number of aryl methyl sites for hydroxylation is 1. The van der Waals surface area contributed by atoms with Crippen LogP contribution in [0.3, 0.4) is 0 Å². The largest absolute Gasteiger partial charge is 0.332 e. The van der Waals surface area contributed by atoms with E-state index in [0.29, 0.717) is 18.3 Å². The van der Waals surface area contributed by atoms with Crippen LogP contribution in [-0.2, 0) is 10.0 Å². The summed E-state index contributed by atoms with van der Waals surface area (Å²) in [5.74, 6) is 1.03. The van der Waals surface area contributed by atoms with Gasteiger partial charge in [-0.15, -0.1) is 0 Å². The van der Waals surface area contributed by atoms with Gasteiger partial charge in [-0.3, -0.25) is 0 Å². The summed E-state index contributed by atoms with van der Waals surface area (Å²) >= 11 is 0. The molecule has 1 aliphatic heterocycles. The van der Waals surface area contributed by atoms with Crippen molar-refractivity contribution in [1.29, 1.82) is 0 Å². The van der Waals surface area contributed by atoms with Crippen LogP contribution in [-0.4, -0.2) is 35.3 Å². The summed E-state index contributed by atoms with van der Waals surface area (Å²) in [5, 5.41) is 0.205. The van der Waals surface area contributed by atoms with Crippen molar-refractivity contribution in [1.82, 2.24) is 14.3 Å². The van der Waals surface area contributed by atoms with E-state index in [2.05, 4.69) is 16.9 Å². The van der Waals surface area contributed by atoms with E-state index in [0.717, 1.165) is 12.8 Å². The molecule has 0 amide bonds. The number of sulfonamides is 1. The zero-order valence-corrected chi connectivity index (χ0v) is 11.3. The molecule has 0 aromatic carbocycles. The molecule has 1 aromatic rings. The lowest BCUT2D eigenvalue weighted by Crippen LogP contribution is -2.45. The molecule has 5 nitrogen and oxygen atoms in total. The average molecular weight is 257 g/mol. The molecule has 2 rings (SSSR count). The lowest BCUT2D eigenvalue weighted by atomic mass is 9.94. The van der Waals surface area contributed by atoms with Gasteiger partial charge in [-0.25, -0.2) is 13.4 Å². The van der Waals surface area contributed by atoms with Crippen molar-refractivity contribution in [3.63, 3.8) is 0 Å². The van der Waals surface area contributed by atoms with E-state index in [4.69, 9.17) is 0 Å². The van der Waals surface area contributed by atoms with Gasteiger partial charge in [-0.2, -0.15) is 4.31 Å². The van der Waals surface area contributed by atoms with E-state index in [9.17, 15) is 8.42 Å². The van der Waals surface area contributed by atoms with Gasteiger partial charge in [0.05, 0.1) is 6.20 Å². The maximum absolute atomic E-state index is 12.4. The third-order valence-electron chi connectivity index (χ3n) is 3.58. The monoisotopic (exact) mass is 257 g/mol. The third kappa shape index (κ3) is 2.24. The van der Waals surface area contributed by atoms with Crippen molar-refractivity contribution in [2.24, 2.45) is 5.92 Å². The highest BCUT2D eigenvalue weighted by Gasteiger charge is 2.35. The minimum Gasteiger partial charge on any atom is -0.332 e. The van der Waals surface area contributed by atoms with Crippen molar-refractivity contribution in [2.45, 2.75) is 44.7 Å². The number of rotatable bonds is 2. The molecule has 0 bridgehead atoms. The Morgan fingerprint density at radius 3 is 2.76 bits per heavy atom. The predicted octanol–water partition coefficient (Wildman–Crippen LogP) is 1.53. The maximum atomic E-state index is 12.4. The van der Waals surface area contributed by atoms with Crippen molar-refractivity contribution < 1.29 is 8.42 Å². The molecule has 2 unspecified atom stereocenters. The molecule has 17 heavy (non-hydrogen) atoms. The van der Waals surface area contributed by atoms with E-state index in [-0.39, 0.29) is 11.1 Å². The number of nitrogens with one attached hydrogen (secondary N) is 1. The highest BCUT2D eigenvalue weighted by Crippen LogP contribution is 2.27. The molecular formula is C11H19N3O2S. The van der Waals surface area contributed by atoms with Crippen LogP contribution in [0.25, 0.3) is 0 Å². The molecule has 2 atom stereocenters.